The molecule has 1 aromatic carbocycles. The van der Waals surface area contributed by atoms with E-state index in [1.165, 1.54) is 6.07 Å². The van der Waals surface area contributed by atoms with Crippen LogP contribution in [-0.2, 0) is 0 Å². The lowest BCUT2D eigenvalue weighted by Crippen LogP contribution is -1.91. The van der Waals surface area contributed by atoms with Gasteiger partial charge in [0, 0.05) is 16.0 Å². The van der Waals surface area contributed by atoms with Gasteiger partial charge in [0.2, 0.25) is 0 Å². The lowest BCUT2D eigenvalue weighted by Gasteiger charge is -2.04. The Morgan fingerprint density at radius 1 is 1.31 bits per heavy atom. The first kappa shape index (κ1) is 10.3. The minimum Gasteiger partial charge on any atom is -0.250 e. The van der Waals surface area contributed by atoms with Crippen molar-refractivity contribution in [1.82, 2.24) is 4.98 Å². The van der Waals surface area contributed by atoms with E-state index in [0.717, 1.165) is 12.1 Å². The van der Waals surface area contributed by atoms with Crippen LogP contribution in [0.15, 0.2) is 23.3 Å². The number of halogens is 2. The summed E-state index contributed by atoms with van der Waals surface area (Å²) in [6.07, 6.45) is 0. The number of azide groups is 1. The SMILES string of the molecule is Cc1cc(N=[N+]=[N-])c2c(F)ccc(F)c2n1. The Bertz CT molecular complexity index is 618. The van der Waals surface area contributed by atoms with Gasteiger partial charge in [-0.2, -0.15) is 0 Å². The first-order valence-corrected chi connectivity index (χ1v) is 4.44. The maximum Gasteiger partial charge on any atom is 0.149 e. The number of hydrogen-bond acceptors (Lipinski definition) is 2. The van der Waals surface area contributed by atoms with Crippen molar-refractivity contribution in [3.05, 3.63) is 46.0 Å². The summed E-state index contributed by atoms with van der Waals surface area (Å²) in [6.45, 7) is 1.61. The molecule has 2 rings (SSSR count). The lowest BCUT2D eigenvalue weighted by atomic mass is 10.1. The molecule has 0 atom stereocenters. The van der Waals surface area contributed by atoms with Crippen LogP contribution in [0.25, 0.3) is 21.3 Å². The van der Waals surface area contributed by atoms with E-state index in [4.69, 9.17) is 5.53 Å². The molecule has 80 valence electrons. The van der Waals surface area contributed by atoms with Crippen LogP contribution < -0.4 is 0 Å². The average Bonchev–Trinajstić information content (AvgIpc) is 2.23. The first-order valence-electron chi connectivity index (χ1n) is 4.44. The molecule has 0 amide bonds. The molecule has 0 aliphatic rings. The van der Waals surface area contributed by atoms with Gasteiger partial charge in [0.25, 0.3) is 0 Å². The minimum atomic E-state index is -0.661. The molecule has 0 saturated carbocycles. The molecule has 0 aliphatic carbocycles. The van der Waals surface area contributed by atoms with Crippen LogP contribution in [0, 0.1) is 18.6 Å². The predicted molar refractivity (Wildman–Crippen MR) is 55.2 cm³/mol. The van der Waals surface area contributed by atoms with Crippen molar-refractivity contribution in [2.75, 3.05) is 0 Å². The molecule has 6 heteroatoms. The van der Waals surface area contributed by atoms with Crippen LogP contribution >= 0.6 is 0 Å². The second-order valence-electron chi connectivity index (χ2n) is 3.23. The number of rotatable bonds is 1. The van der Waals surface area contributed by atoms with E-state index >= 15 is 0 Å². The second-order valence-corrected chi connectivity index (χ2v) is 3.23. The topological polar surface area (TPSA) is 61.7 Å². The van der Waals surface area contributed by atoms with E-state index in [1.54, 1.807) is 6.92 Å². The highest BCUT2D eigenvalue weighted by atomic mass is 19.1. The largest absolute Gasteiger partial charge is 0.250 e. The van der Waals surface area contributed by atoms with Gasteiger partial charge in [0.05, 0.1) is 5.69 Å². The predicted octanol–water partition coefficient (Wildman–Crippen LogP) is 3.76. The first-order chi connectivity index (χ1) is 7.63. The van der Waals surface area contributed by atoms with Crippen LogP contribution in [0.5, 0.6) is 0 Å². The highest BCUT2D eigenvalue weighted by Gasteiger charge is 2.11. The Balaban J connectivity index is 3.00. The fourth-order valence-electron chi connectivity index (χ4n) is 1.50. The van der Waals surface area contributed by atoms with E-state index < -0.39 is 11.6 Å². The highest BCUT2D eigenvalue weighted by Crippen LogP contribution is 2.29. The summed E-state index contributed by atoms with van der Waals surface area (Å²) in [6, 6.07) is 3.37. The van der Waals surface area contributed by atoms with Crippen molar-refractivity contribution >= 4 is 16.6 Å². The van der Waals surface area contributed by atoms with Crippen molar-refractivity contribution in [3.63, 3.8) is 0 Å². The van der Waals surface area contributed by atoms with Crippen molar-refractivity contribution < 1.29 is 8.78 Å². The van der Waals surface area contributed by atoms with Gasteiger partial charge in [-0.05, 0) is 30.7 Å². The zero-order valence-electron chi connectivity index (χ0n) is 8.28. The number of benzene rings is 1. The Morgan fingerprint density at radius 3 is 2.69 bits per heavy atom. The Morgan fingerprint density at radius 2 is 2.00 bits per heavy atom. The molecular formula is C10H6F2N4. The van der Waals surface area contributed by atoms with Gasteiger partial charge in [-0.25, -0.2) is 13.8 Å². The third-order valence-electron chi connectivity index (χ3n) is 2.12. The highest BCUT2D eigenvalue weighted by molar-refractivity contribution is 5.90. The molecule has 4 nitrogen and oxygen atoms in total. The number of aryl methyl sites for hydroxylation is 1. The summed E-state index contributed by atoms with van der Waals surface area (Å²) in [7, 11) is 0. The molecule has 1 heterocycles. The molecule has 0 saturated heterocycles. The van der Waals surface area contributed by atoms with Gasteiger partial charge < -0.3 is 0 Å². The lowest BCUT2D eigenvalue weighted by molar-refractivity contribution is 0.615. The fourth-order valence-corrected chi connectivity index (χ4v) is 1.50. The molecule has 1 aromatic heterocycles. The minimum absolute atomic E-state index is 0.0435. The van der Waals surface area contributed by atoms with Crippen molar-refractivity contribution in [1.29, 1.82) is 0 Å². The van der Waals surface area contributed by atoms with Crippen LogP contribution in [0.2, 0.25) is 0 Å². The maximum absolute atomic E-state index is 13.5. The van der Waals surface area contributed by atoms with Crippen molar-refractivity contribution in [3.8, 4) is 0 Å². The van der Waals surface area contributed by atoms with Gasteiger partial charge in [-0.15, -0.1) is 0 Å². The second kappa shape index (κ2) is 3.75. The fraction of sp³-hybridized carbons (Fsp3) is 0.100. The van der Waals surface area contributed by atoms with Crippen LogP contribution in [0.4, 0.5) is 14.5 Å². The molecule has 0 aliphatic heterocycles. The molecule has 16 heavy (non-hydrogen) atoms. The van der Waals surface area contributed by atoms with Crippen LogP contribution in [0.1, 0.15) is 5.69 Å². The van der Waals surface area contributed by atoms with Gasteiger partial charge >= 0.3 is 0 Å². The number of fused-ring (bicyclic) bond motifs is 1. The molecule has 0 unspecified atom stereocenters. The Hall–Kier alpha value is -2.20. The Kier molecular flexibility index (Phi) is 2.42. The number of hydrogen-bond donors (Lipinski definition) is 0. The zero-order chi connectivity index (χ0) is 11.7. The normalized spacial score (nSPS) is 10.2. The van der Waals surface area contributed by atoms with E-state index in [2.05, 4.69) is 15.0 Å². The molecule has 0 fully saturated rings. The number of pyridine rings is 1. The molecule has 0 radical (unpaired) electrons. The quantitative estimate of drug-likeness (QED) is 0.410. The summed E-state index contributed by atoms with van der Waals surface area (Å²) in [5, 5.41) is 3.24. The number of nitrogens with zero attached hydrogens (tertiary/aromatic N) is 4. The average molecular weight is 220 g/mol. The molecule has 2 aromatic rings. The summed E-state index contributed by atoms with van der Waals surface area (Å²) in [5.74, 6) is -1.30. The summed E-state index contributed by atoms with van der Waals surface area (Å²) >= 11 is 0. The molecule has 0 spiro atoms. The van der Waals surface area contributed by atoms with Gasteiger partial charge in [-0.3, -0.25) is 0 Å². The van der Waals surface area contributed by atoms with Gasteiger partial charge in [0.1, 0.15) is 17.2 Å². The van der Waals surface area contributed by atoms with Gasteiger partial charge in [0.15, 0.2) is 0 Å². The molecule has 0 N–H and O–H groups in total. The molecule has 0 bridgehead atoms. The Labute approximate surface area is 89.2 Å². The maximum atomic E-state index is 13.5. The molecular weight excluding hydrogens is 214 g/mol. The van der Waals surface area contributed by atoms with E-state index in [0.29, 0.717) is 5.69 Å². The number of aromatic nitrogens is 1. The van der Waals surface area contributed by atoms with E-state index in [1.807, 2.05) is 0 Å². The van der Waals surface area contributed by atoms with Crippen LogP contribution in [0.3, 0.4) is 0 Å². The van der Waals surface area contributed by atoms with Crippen LogP contribution in [-0.4, -0.2) is 4.98 Å². The third kappa shape index (κ3) is 1.55. The van der Waals surface area contributed by atoms with Gasteiger partial charge in [-0.1, -0.05) is 5.11 Å². The van der Waals surface area contributed by atoms with E-state index in [9.17, 15) is 8.78 Å². The van der Waals surface area contributed by atoms with E-state index in [-0.39, 0.29) is 16.6 Å². The smallest absolute Gasteiger partial charge is 0.149 e. The monoisotopic (exact) mass is 220 g/mol. The third-order valence-corrected chi connectivity index (χ3v) is 2.12. The summed E-state index contributed by atoms with van der Waals surface area (Å²) < 4.78 is 26.9. The summed E-state index contributed by atoms with van der Waals surface area (Å²) in [5.41, 5.74) is 8.73. The van der Waals surface area contributed by atoms with Crippen molar-refractivity contribution in [2.45, 2.75) is 6.92 Å². The standard InChI is InChI=1S/C10H6F2N4/c1-5-4-8(15-16-13)9-6(11)2-3-7(12)10(9)14-5/h2-4H,1H3. The zero-order valence-corrected chi connectivity index (χ0v) is 8.28. The summed E-state index contributed by atoms with van der Waals surface area (Å²) in [4.78, 5) is 6.46. The van der Waals surface area contributed by atoms with Crippen molar-refractivity contribution in [2.24, 2.45) is 5.11 Å².